The Bertz CT molecular complexity index is 432. The fraction of sp³-hybridized carbons (Fsp3) is 0.667. The second-order valence-electron chi connectivity index (χ2n) is 4.02. The summed E-state index contributed by atoms with van der Waals surface area (Å²) in [4.78, 5) is 25.7. The third kappa shape index (κ3) is 2.47. The number of primary amides is 1. The van der Waals surface area contributed by atoms with Crippen molar-refractivity contribution >= 4 is 11.7 Å². The molecule has 1 aliphatic rings. The molecule has 0 bridgehead atoms. The first kappa shape index (κ1) is 11.6. The largest absolute Gasteiger partial charge is 0.368 e. The highest BCUT2D eigenvalue weighted by Gasteiger charge is 2.32. The van der Waals surface area contributed by atoms with Crippen molar-refractivity contribution in [3.05, 3.63) is 5.82 Å². The minimum absolute atomic E-state index is 0.205. The number of carbonyl (C=O) groups is 2. The third-order valence-corrected chi connectivity index (χ3v) is 2.76. The molecular weight excluding hydrogens is 224 g/mol. The lowest BCUT2D eigenvalue weighted by molar-refractivity contribution is -0.128. The highest BCUT2D eigenvalue weighted by molar-refractivity contribution is 5.82. The SMILES string of the molecule is Cn1nnc(C(C(N)=O)N2CCC(=O)CC2)n1. The van der Waals surface area contributed by atoms with Gasteiger partial charge in [0.25, 0.3) is 0 Å². The molecule has 1 aromatic rings. The third-order valence-electron chi connectivity index (χ3n) is 2.76. The van der Waals surface area contributed by atoms with E-state index in [2.05, 4.69) is 15.4 Å². The first-order chi connectivity index (χ1) is 8.08. The predicted molar refractivity (Wildman–Crippen MR) is 56.5 cm³/mol. The van der Waals surface area contributed by atoms with Crippen LogP contribution < -0.4 is 5.73 Å². The number of likely N-dealkylation sites (tertiary alicyclic amines) is 1. The van der Waals surface area contributed by atoms with Crippen LogP contribution in [0.4, 0.5) is 0 Å². The molecule has 1 aliphatic heterocycles. The van der Waals surface area contributed by atoms with Crippen molar-refractivity contribution in [3.8, 4) is 0 Å². The molecule has 1 saturated heterocycles. The average molecular weight is 238 g/mol. The molecule has 0 radical (unpaired) electrons. The van der Waals surface area contributed by atoms with Crippen LogP contribution in [0.25, 0.3) is 0 Å². The van der Waals surface area contributed by atoms with Gasteiger partial charge >= 0.3 is 0 Å². The number of amides is 1. The maximum atomic E-state index is 11.5. The van der Waals surface area contributed by atoms with Gasteiger partial charge in [0.1, 0.15) is 5.78 Å². The van der Waals surface area contributed by atoms with E-state index in [0.29, 0.717) is 25.9 Å². The quantitative estimate of drug-likeness (QED) is 0.679. The minimum atomic E-state index is -0.697. The Labute approximate surface area is 97.8 Å². The van der Waals surface area contributed by atoms with Crippen LogP contribution >= 0.6 is 0 Å². The van der Waals surface area contributed by atoms with Crippen LogP contribution in [-0.2, 0) is 16.6 Å². The Balaban J connectivity index is 2.18. The second-order valence-corrected chi connectivity index (χ2v) is 4.02. The number of nitrogens with two attached hydrogens (primary N) is 1. The van der Waals surface area contributed by atoms with Crippen molar-refractivity contribution in [1.29, 1.82) is 0 Å². The van der Waals surface area contributed by atoms with E-state index >= 15 is 0 Å². The maximum Gasteiger partial charge on any atom is 0.242 e. The van der Waals surface area contributed by atoms with E-state index in [1.165, 1.54) is 4.80 Å². The van der Waals surface area contributed by atoms with Crippen LogP contribution in [0.3, 0.4) is 0 Å². The summed E-state index contributed by atoms with van der Waals surface area (Å²) < 4.78 is 0. The molecule has 0 aliphatic carbocycles. The fourth-order valence-electron chi connectivity index (χ4n) is 1.91. The van der Waals surface area contributed by atoms with Crippen LogP contribution in [0.5, 0.6) is 0 Å². The Morgan fingerprint density at radius 2 is 2.06 bits per heavy atom. The second kappa shape index (κ2) is 4.58. The van der Waals surface area contributed by atoms with Gasteiger partial charge in [0.15, 0.2) is 6.04 Å². The number of hydrogen-bond acceptors (Lipinski definition) is 6. The van der Waals surface area contributed by atoms with Crippen LogP contribution in [0, 0.1) is 0 Å². The van der Waals surface area contributed by atoms with Gasteiger partial charge in [-0.3, -0.25) is 14.5 Å². The molecular formula is C9H14N6O2. The first-order valence-electron chi connectivity index (χ1n) is 5.37. The van der Waals surface area contributed by atoms with Gasteiger partial charge < -0.3 is 5.73 Å². The summed E-state index contributed by atoms with van der Waals surface area (Å²) >= 11 is 0. The number of carbonyl (C=O) groups excluding carboxylic acids is 2. The Hall–Kier alpha value is -1.83. The lowest BCUT2D eigenvalue weighted by Gasteiger charge is -2.29. The van der Waals surface area contributed by atoms with Gasteiger partial charge in [-0.15, -0.1) is 10.2 Å². The van der Waals surface area contributed by atoms with Crippen molar-refractivity contribution in [3.63, 3.8) is 0 Å². The molecule has 17 heavy (non-hydrogen) atoms. The number of rotatable bonds is 3. The van der Waals surface area contributed by atoms with E-state index < -0.39 is 11.9 Å². The van der Waals surface area contributed by atoms with Crippen LogP contribution in [0.1, 0.15) is 24.7 Å². The lowest BCUT2D eigenvalue weighted by atomic mass is 10.1. The molecule has 1 fully saturated rings. The van der Waals surface area contributed by atoms with Gasteiger partial charge in [-0.2, -0.15) is 4.80 Å². The van der Waals surface area contributed by atoms with Gasteiger partial charge in [0.05, 0.1) is 7.05 Å². The molecule has 0 saturated carbocycles. The van der Waals surface area contributed by atoms with Gasteiger partial charge in [-0.25, -0.2) is 0 Å². The highest BCUT2D eigenvalue weighted by Crippen LogP contribution is 2.20. The highest BCUT2D eigenvalue weighted by atomic mass is 16.1. The topological polar surface area (TPSA) is 107 Å². The summed E-state index contributed by atoms with van der Waals surface area (Å²) in [5.41, 5.74) is 5.36. The van der Waals surface area contributed by atoms with E-state index in [1.54, 1.807) is 7.05 Å². The molecule has 2 heterocycles. The molecule has 92 valence electrons. The Morgan fingerprint density at radius 1 is 1.41 bits per heavy atom. The van der Waals surface area contributed by atoms with Gasteiger partial charge in [-0.05, 0) is 5.21 Å². The molecule has 0 spiro atoms. The van der Waals surface area contributed by atoms with Gasteiger partial charge in [0, 0.05) is 25.9 Å². The van der Waals surface area contributed by atoms with Crippen molar-refractivity contribution in [2.24, 2.45) is 12.8 Å². The summed E-state index contributed by atoms with van der Waals surface area (Å²) in [5, 5.41) is 11.5. The number of nitrogens with zero attached hydrogens (tertiary/aromatic N) is 5. The predicted octanol–water partition coefficient (Wildman–Crippen LogP) is -1.60. The average Bonchev–Trinajstić information content (AvgIpc) is 2.68. The van der Waals surface area contributed by atoms with E-state index in [0.717, 1.165) is 0 Å². The Kier molecular flexibility index (Phi) is 3.14. The number of aryl methyl sites for hydroxylation is 1. The summed E-state index contributed by atoms with van der Waals surface area (Å²) in [7, 11) is 1.62. The number of piperidine rings is 1. The summed E-state index contributed by atoms with van der Waals surface area (Å²) in [6.45, 7) is 1.01. The number of tetrazole rings is 1. The molecule has 8 nitrogen and oxygen atoms in total. The zero-order valence-corrected chi connectivity index (χ0v) is 9.54. The van der Waals surface area contributed by atoms with Crippen LogP contribution in [0.2, 0.25) is 0 Å². The minimum Gasteiger partial charge on any atom is -0.368 e. The van der Waals surface area contributed by atoms with Crippen LogP contribution in [0.15, 0.2) is 0 Å². The summed E-state index contributed by atoms with van der Waals surface area (Å²) in [6.07, 6.45) is 0.869. The smallest absolute Gasteiger partial charge is 0.242 e. The number of aromatic nitrogens is 4. The van der Waals surface area contributed by atoms with Crippen molar-refractivity contribution < 1.29 is 9.59 Å². The molecule has 1 atom stereocenters. The van der Waals surface area contributed by atoms with Gasteiger partial charge in [0.2, 0.25) is 11.7 Å². The molecule has 1 amide bonds. The fourth-order valence-corrected chi connectivity index (χ4v) is 1.91. The van der Waals surface area contributed by atoms with Crippen molar-refractivity contribution in [2.45, 2.75) is 18.9 Å². The normalized spacial score (nSPS) is 19.2. The van der Waals surface area contributed by atoms with Crippen LogP contribution in [-0.4, -0.2) is 49.9 Å². The summed E-state index contributed by atoms with van der Waals surface area (Å²) in [5.74, 6) is -0.0294. The Morgan fingerprint density at radius 3 is 2.53 bits per heavy atom. The van der Waals surface area contributed by atoms with Crippen molar-refractivity contribution in [2.75, 3.05) is 13.1 Å². The van der Waals surface area contributed by atoms with E-state index in [1.807, 2.05) is 4.90 Å². The number of hydrogen-bond donors (Lipinski definition) is 1. The molecule has 0 aromatic carbocycles. The van der Waals surface area contributed by atoms with E-state index in [9.17, 15) is 9.59 Å². The molecule has 1 aromatic heterocycles. The first-order valence-corrected chi connectivity index (χ1v) is 5.37. The molecule has 8 heteroatoms. The van der Waals surface area contributed by atoms with Crippen molar-refractivity contribution in [1.82, 2.24) is 25.1 Å². The number of Topliss-reactive ketones (excluding diaryl/α,β-unsaturated/α-hetero) is 1. The molecule has 2 rings (SSSR count). The van der Waals surface area contributed by atoms with E-state index in [-0.39, 0.29) is 11.6 Å². The summed E-state index contributed by atoms with van der Waals surface area (Å²) in [6, 6.07) is -0.697. The zero-order valence-electron chi connectivity index (χ0n) is 9.54. The standard InChI is InChI=1S/C9H14N6O2/c1-14-12-9(11-13-14)7(8(10)17)15-4-2-6(16)3-5-15/h7H,2-5H2,1H3,(H2,10,17). The monoisotopic (exact) mass is 238 g/mol. The maximum absolute atomic E-state index is 11.5. The lowest BCUT2D eigenvalue weighted by Crippen LogP contribution is -2.43. The molecule has 1 unspecified atom stereocenters. The number of ketones is 1. The van der Waals surface area contributed by atoms with E-state index in [4.69, 9.17) is 5.73 Å². The zero-order chi connectivity index (χ0) is 12.4. The molecule has 2 N–H and O–H groups in total. The van der Waals surface area contributed by atoms with Gasteiger partial charge in [-0.1, -0.05) is 0 Å².